The minimum Gasteiger partial charge on any atom is -0.456 e. The number of aromatic nitrogens is 1. The molecule has 1 aromatic heterocycles. The molecule has 0 unspecified atom stereocenters. The molecule has 1 aliphatic heterocycles. The van der Waals surface area contributed by atoms with Gasteiger partial charge in [-0.1, -0.05) is 56.7 Å². The van der Waals surface area contributed by atoms with Crippen LogP contribution in [0.25, 0.3) is 17.4 Å². The first-order valence-electron chi connectivity index (χ1n) is 10.1. The molecule has 0 radical (unpaired) electrons. The fourth-order valence-electron chi connectivity index (χ4n) is 3.51. The molecule has 0 spiro atoms. The van der Waals surface area contributed by atoms with Crippen LogP contribution in [-0.4, -0.2) is 0 Å². The Labute approximate surface area is 173 Å². The molecule has 2 nitrogen and oxygen atoms in total. The van der Waals surface area contributed by atoms with Gasteiger partial charge in [0.1, 0.15) is 18.6 Å². The largest absolute Gasteiger partial charge is 0.456 e. The summed E-state index contributed by atoms with van der Waals surface area (Å²) in [7, 11) is 2.03. The van der Waals surface area contributed by atoms with Crippen molar-refractivity contribution in [2.45, 2.75) is 33.1 Å². The molecule has 0 amide bonds. The summed E-state index contributed by atoms with van der Waals surface area (Å²) >= 11 is 0. The minimum atomic E-state index is 0.138. The molecular weight excluding hydrogens is 354 g/mol. The van der Waals surface area contributed by atoms with Gasteiger partial charge in [-0.25, -0.2) is 4.57 Å². The minimum absolute atomic E-state index is 0.138. The van der Waals surface area contributed by atoms with Crippen LogP contribution in [0.5, 0.6) is 5.75 Å². The molecule has 0 atom stereocenters. The highest BCUT2D eigenvalue weighted by Gasteiger charge is 2.19. The van der Waals surface area contributed by atoms with E-state index in [-0.39, 0.29) is 5.41 Å². The summed E-state index contributed by atoms with van der Waals surface area (Å²) in [6.45, 7) is 8.82. The molecule has 0 saturated heterocycles. The Morgan fingerprint density at radius 2 is 1.59 bits per heavy atom. The number of hydrogen-bond donors (Lipinski definition) is 0. The van der Waals surface area contributed by atoms with Gasteiger partial charge >= 0.3 is 0 Å². The highest BCUT2D eigenvalue weighted by Crippen LogP contribution is 2.38. The van der Waals surface area contributed by atoms with E-state index >= 15 is 0 Å². The molecule has 0 aliphatic carbocycles. The molecule has 2 aromatic carbocycles. The summed E-state index contributed by atoms with van der Waals surface area (Å²) in [5.74, 6) is 1.79. The molecule has 2 heteroatoms. The number of nitrogens with zero attached hydrogens (tertiary/aromatic N) is 1. The Hall–Kier alpha value is -3.13. The first kappa shape index (κ1) is 19.2. The van der Waals surface area contributed by atoms with Gasteiger partial charge in [0.05, 0.1) is 0 Å². The maximum absolute atomic E-state index is 6.30. The van der Waals surface area contributed by atoms with E-state index in [0.29, 0.717) is 0 Å². The first-order valence-corrected chi connectivity index (χ1v) is 10.1. The monoisotopic (exact) mass is 382 g/mol. The maximum atomic E-state index is 6.30. The third-order valence-corrected chi connectivity index (χ3v) is 5.31. The van der Waals surface area contributed by atoms with E-state index in [4.69, 9.17) is 4.74 Å². The van der Waals surface area contributed by atoms with E-state index in [1.807, 2.05) is 11.6 Å². The maximum Gasteiger partial charge on any atom is 0.169 e. The molecule has 29 heavy (non-hydrogen) atoms. The number of benzene rings is 2. The fraction of sp³-hybridized carbons (Fsp3) is 0.222. The SMILES string of the molecule is Cc1ccc2c(c1)/C(=C/c1cc[n+](C)cc1)C=C(c1ccc(C(C)(C)C)cc1)O2. The van der Waals surface area contributed by atoms with Gasteiger partial charge in [-0.3, -0.25) is 0 Å². The summed E-state index contributed by atoms with van der Waals surface area (Å²) in [5.41, 5.74) is 7.25. The van der Waals surface area contributed by atoms with E-state index < -0.39 is 0 Å². The van der Waals surface area contributed by atoms with Crippen molar-refractivity contribution in [3.63, 3.8) is 0 Å². The van der Waals surface area contributed by atoms with Crippen molar-refractivity contribution in [1.82, 2.24) is 0 Å². The highest BCUT2D eigenvalue weighted by molar-refractivity contribution is 5.96. The Morgan fingerprint density at radius 3 is 2.24 bits per heavy atom. The number of pyridine rings is 1. The van der Waals surface area contributed by atoms with Crippen molar-refractivity contribution in [3.8, 4) is 5.75 Å². The van der Waals surface area contributed by atoms with Crippen LogP contribution in [0.1, 0.15) is 48.6 Å². The van der Waals surface area contributed by atoms with Crippen LogP contribution in [0.3, 0.4) is 0 Å². The second-order valence-electron chi connectivity index (χ2n) is 8.83. The van der Waals surface area contributed by atoms with Crippen molar-refractivity contribution in [2.24, 2.45) is 7.05 Å². The van der Waals surface area contributed by atoms with Crippen molar-refractivity contribution >= 4 is 17.4 Å². The number of rotatable bonds is 2. The zero-order valence-electron chi connectivity index (χ0n) is 17.9. The van der Waals surface area contributed by atoms with Crippen LogP contribution in [0.4, 0.5) is 0 Å². The molecule has 3 aromatic rings. The second kappa shape index (κ2) is 7.36. The van der Waals surface area contributed by atoms with Crippen LogP contribution in [0.2, 0.25) is 0 Å². The van der Waals surface area contributed by atoms with Gasteiger partial charge in [-0.05, 0) is 53.3 Å². The summed E-state index contributed by atoms with van der Waals surface area (Å²) in [4.78, 5) is 0. The second-order valence-corrected chi connectivity index (χ2v) is 8.83. The average molecular weight is 383 g/mol. The Balaban J connectivity index is 1.78. The summed E-state index contributed by atoms with van der Waals surface area (Å²) in [5, 5.41) is 0. The Kier molecular flexibility index (Phi) is 4.87. The molecule has 0 N–H and O–H groups in total. The summed E-state index contributed by atoms with van der Waals surface area (Å²) < 4.78 is 8.35. The van der Waals surface area contributed by atoms with E-state index in [1.54, 1.807) is 0 Å². The zero-order valence-corrected chi connectivity index (χ0v) is 17.9. The first-order chi connectivity index (χ1) is 13.8. The molecule has 0 fully saturated rings. The number of hydrogen-bond acceptors (Lipinski definition) is 1. The standard InChI is InChI=1S/C27H28NO/c1-19-6-11-25-24(16-19)22(17-20-12-14-28(5)15-13-20)18-26(29-25)21-7-9-23(10-8-21)27(2,3)4/h6-18H,1-5H3/q+1/b22-17+. The molecule has 4 rings (SSSR count). The van der Waals surface area contributed by atoms with Crippen LogP contribution < -0.4 is 9.30 Å². The van der Waals surface area contributed by atoms with Gasteiger partial charge in [0.2, 0.25) is 0 Å². The third kappa shape index (κ3) is 4.17. The van der Waals surface area contributed by atoms with E-state index in [1.165, 1.54) is 22.3 Å². The average Bonchev–Trinajstić information content (AvgIpc) is 2.69. The number of aryl methyl sites for hydroxylation is 2. The van der Waals surface area contributed by atoms with Gasteiger partial charge in [0.15, 0.2) is 12.4 Å². The number of fused-ring (bicyclic) bond motifs is 1. The van der Waals surface area contributed by atoms with Crippen LogP contribution in [0.15, 0.2) is 73.1 Å². The number of ether oxygens (including phenoxy) is 1. The van der Waals surface area contributed by atoms with Crippen LogP contribution >= 0.6 is 0 Å². The lowest BCUT2D eigenvalue weighted by Gasteiger charge is -2.23. The lowest BCUT2D eigenvalue weighted by molar-refractivity contribution is -0.671. The van der Waals surface area contributed by atoms with Gasteiger partial charge < -0.3 is 4.74 Å². The molecule has 1 aliphatic rings. The normalized spacial score (nSPS) is 14.9. The predicted octanol–water partition coefficient (Wildman–Crippen LogP) is 6.09. The summed E-state index contributed by atoms with van der Waals surface area (Å²) in [6.07, 6.45) is 8.52. The Bertz CT molecular complexity index is 1090. The van der Waals surface area contributed by atoms with E-state index in [9.17, 15) is 0 Å². The lowest BCUT2D eigenvalue weighted by atomic mass is 9.86. The van der Waals surface area contributed by atoms with Crippen molar-refractivity contribution in [3.05, 3.63) is 101 Å². The molecule has 146 valence electrons. The number of allylic oxidation sites excluding steroid dienone is 2. The van der Waals surface area contributed by atoms with Gasteiger partial charge in [0.25, 0.3) is 0 Å². The molecule has 0 saturated carbocycles. The van der Waals surface area contributed by atoms with Crippen LogP contribution in [-0.2, 0) is 12.5 Å². The molecular formula is C27H28NO+. The zero-order chi connectivity index (χ0) is 20.6. The quantitative estimate of drug-likeness (QED) is 0.489. The predicted molar refractivity (Wildman–Crippen MR) is 120 cm³/mol. The van der Waals surface area contributed by atoms with Gasteiger partial charge in [-0.2, -0.15) is 0 Å². The van der Waals surface area contributed by atoms with Crippen LogP contribution in [0, 0.1) is 6.92 Å². The van der Waals surface area contributed by atoms with Crippen molar-refractivity contribution < 1.29 is 9.30 Å². The molecule has 0 bridgehead atoms. The van der Waals surface area contributed by atoms with E-state index in [0.717, 1.165) is 22.6 Å². The molecule has 2 heterocycles. The third-order valence-electron chi connectivity index (χ3n) is 5.31. The van der Waals surface area contributed by atoms with Gasteiger partial charge in [0, 0.05) is 23.3 Å². The topological polar surface area (TPSA) is 13.1 Å². The van der Waals surface area contributed by atoms with Gasteiger partial charge in [-0.15, -0.1) is 0 Å². The Morgan fingerprint density at radius 1 is 0.897 bits per heavy atom. The van der Waals surface area contributed by atoms with Crippen molar-refractivity contribution in [2.75, 3.05) is 0 Å². The summed E-state index contributed by atoms with van der Waals surface area (Å²) in [6, 6.07) is 19.3. The van der Waals surface area contributed by atoms with Crippen molar-refractivity contribution in [1.29, 1.82) is 0 Å². The smallest absolute Gasteiger partial charge is 0.169 e. The highest BCUT2D eigenvalue weighted by atomic mass is 16.5. The van der Waals surface area contributed by atoms with E-state index in [2.05, 4.69) is 107 Å². The lowest BCUT2D eigenvalue weighted by Crippen LogP contribution is -2.25. The fourth-order valence-corrected chi connectivity index (χ4v) is 3.51.